The molecule has 2 aliphatic heterocycles. The van der Waals surface area contributed by atoms with Gasteiger partial charge in [-0.25, -0.2) is 4.31 Å². The Bertz CT molecular complexity index is 174. The van der Waals surface area contributed by atoms with E-state index in [1.54, 1.807) is 0 Å². The van der Waals surface area contributed by atoms with Crippen molar-refractivity contribution in [3.8, 4) is 0 Å². The summed E-state index contributed by atoms with van der Waals surface area (Å²) in [5.74, 6) is 0.945. The van der Waals surface area contributed by atoms with Crippen molar-refractivity contribution >= 4 is 11.9 Å². The van der Waals surface area contributed by atoms with Crippen molar-refractivity contribution in [1.29, 1.82) is 0 Å². The minimum absolute atomic E-state index is 0.945. The fraction of sp³-hybridized carbons (Fsp3) is 1.00. The van der Waals surface area contributed by atoms with Crippen LogP contribution in [0.5, 0.6) is 0 Å². The van der Waals surface area contributed by atoms with Crippen LogP contribution in [0, 0.1) is 5.92 Å². The van der Waals surface area contributed by atoms with Gasteiger partial charge in [-0.05, 0) is 19.2 Å². The van der Waals surface area contributed by atoms with Gasteiger partial charge in [-0.1, -0.05) is 11.9 Å². The highest BCUT2D eigenvalue weighted by Crippen LogP contribution is 2.16. The molecule has 0 aromatic carbocycles. The third-order valence-electron chi connectivity index (χ3n) is 3.25. The van der Waals surface area contributed by atoms with Crippen molar-refractivity contribution < 1.29 is 0 Å². The predicted octanol–water partition coefficient (Wildman–Crippen LogP) is 0.444. The summed E-state index contributed by atoms with van der Waals surface area (Å²) < 4.78 is 2.46. The molecule has 0 aromatic heterocycles. The summed E-state index contributed by atoms with van der Waals surface area (Å²) in [6.45, 7) is 8.95. The van der Waals surface area contributed by atoms with Gasteiger partial charge >= 0.3 is 0 Å². The van der Waals surface area contributed by atoms with Gasteiger partial charge in [-0.15, -0.1) is 0 Å². The van der Waals surface area contributed by atoms with E-state index in [9.17, 15) is 0 Å². The zero-order valence-corrected chi connectivity index (χ0v) is 10.1. The van der Waals surface area contributed by atoms with Crippen LogP contribution in [0.1, 0.15) is 0 Å². The van der Waals surface area contributed by atoms with Gasteiger partial charge in [0, 0.05) is 45.8 Å². The molecular weight excluding hydrogens is 194 g/mol. The van der Waals surface area contributed by atoms with E-state index in [0.29, 0.717) is 0 Å². The summed E-state index contributed by atoms with van der Waals surface area (Å²) in [5, 5.41) is 0. The molecule has 0 saturated carbocycles. The van der Waals surface area contributed by atoms with E-state index in [2.05, 4.69) is 27.4 Å². The fourth-order valence-electron chi connectivity index (χ4n) is 2.40. The van der Waals surface area contributed by atoms with Crippen LogP contribution in [0.2, 0.25) is 0 Å². The van der Waals surface area contributed by atoms with E-state index in [4.69, 9.17) is 0 Å². The van der Waals surface area contributed by atoms with Crippen LogP contribution in [0.15, 0.2) is 0 Å². The van der Waals surface area contributed by atoms with E-state index >= 15 is 0 Å². The van der Waals surface area contributed by atoms with Gasteiger partial charge in [0.2, 0.25) is 0 Å². The van der Waals surface area contributed by atoms with Crippen LogP contribution in [0.4, 0.5) is 0 Å². The lowest BCUT2D eigenvalue weighted by Crippen LogP contribution is -2.52. The van der Waals surface area contributed by atoms with Crippen LogP contribution >= 0.6 is 11.9 Å². The highest BCUT2D eigenvalue weighted by atomic mass is 32.2. The quantitative estimate of drug-likeness (QED) is 0.632. The second-order valence-electron chi connectivity index (χ2n) is 4.50. The summed E-state index contributed by atoms with van der Waals surface area (Å²) in [6, 6.07) is 0. The van der Waals surface area contributed by atoms with Crippen molar-refractivity contribution in [2.45, 2.75) is 0 Å². The molecule has 0 spiro atoms. The molecule has 82 valence electrons. The van der Waals surface area contributed by atoms with Crippen molar-refractivity contribution in [3.05, 3.63) is 0 Å². The van der Waals surface area contributed by atoms with E-state index < -0.39 is 0 Å². The molecule has 0 N–H and O–H groups in total. The van der Waals surface area contributed by atoms with Crippen LogP contribution in [-0.4, -0.2) is 73.2 Å². The lowest BCUT2D eigenvalue weighted by molar-refractivity contribution is 0.0776. The molecule has 0 bridgehead atoms. The Balaban J connectivity index is 1.64. The van der Waals surface area contributed by atoms with Crippen molar-refractivity contribution in [3.63, 3.8) is 0 Å². The maximum Gasteiger partial charge on any atom is 0.0218 e. The second kappa shape index (κ2) is 4.84. The van der Waals surface area contributed by atoms with Crippen LogP contribution in [0.25, 0.3) is 0 Å². The van der Waals surface area contributed by atoms with Crippen molar-refractivity contribution in [2.24, 2.45) is 5.92 Å². The molecule has 0 atom stereocenters. The Labute approximate surface area is 91.6 Å². The lowest BCUT2D eigenvalue weighted by atomic mass is 10.0. The molecule has 2 rings (SSSR count). The summed E-state index contributed by atoms with van der Waals surface area (Å²) in [4.78, 5) is 5.03. The van der Waals surface area contributed by atoms with Crippen LogP contribution in [0.3, 0.4) is 0 Å². The molecule has 3 nitrogen and oxygen atoms in total. The maximum absolute atomic E-state index is 2.63. The van der Waals surface area contributed by atoms with Gasteiger partial charge in [0.1, 0.15) is 0 Å². The average Bonchev–Trinajstić information content (AvgIpc) is 2.17. The minimum atomic E-state index is 0.945. The van der Waals surface area contributed by atoms with Gasteiger partial charge in [0.15, 0.2) is 0 Å². The molecule has 0 unspecified atom stereocenters. The first-order valence-electron chi connectivity index (χ1n) is 5.48. The highest BCUT2D eigenvalue weighted by Gasteiger charge is 2.26. The monoisotopic (exact) mass is 215 g/mol. The Morgan fingerprint density at radius 2 is 1.79 bits per heavy atom. The van der Waals surface area contributed by atoms with Crippen LogP contribution in [-0.2, 0) is 0 Å². The summed E-state index contributed by atoms with van der Waals surface area (Å²) in [7, 11) is 2.21. The second-order valence-corrected chi connectivity index (χ2v) is 5.38. The summed E-state index contributed by atoms with van der Waals surface area (Å²) in [6.07, 6.45) is 2.18. The Kier molecular flexibility index (Phi) is 3.71. The third kappa shape index (κ3) is 2.63. The molecule has 2 heterocycles. The van der Waals surface area contributed by atoms with Crippen molar-refractivity contribution in [2.75, 3.05) is 59.1 Å². The van der Waals surface area contributed by atoms with Gasteiger partial charge in [0.25, 0.3) is 0 Å². The minimum Gasteiger partial charge on any atom is -0.306 e. The molecule has 4 heteroatoms. The van der Waals surface area contributed by atoms with Gasteiger partial charge in [-0.3, -0.25) is 0 Å². The largest absolute Gasteiger partial charge is 0.306 e. The molecule has 0 radical (unpaired) electrons. The van der Waals surface area contributed by atoms with Gasteiger partial charge in [0.05, 0.1) is 0 Å². The molecule has 2 aliphatic rings. The molecule has 0 aromatic rings. The number of hydrogen-bond donors (Lipinski definition) is 0. The molecule has 14 heavy (non-hydrogen) atoms. The normalized spacial score (nSPS) is 27.9. The predicted molar refractivity (Wildman–Crippen MR) is 62.5 cm³/mol. The zero-order chi connectivity index (χ0) is 9.97. The fourth-order valence-corrected chi connectivity index (χ4v) is 2.93. The molecule has 2 fully saturated rings. The Hall–Kier alpha value is 0.230. The first kappa shape index (κ1) is 10.7. The third-order valence-corrected chi connectivity index (χ3v) is 4.13. The van der Waals surface area contributed by atoms with E-state index in [-0.39, 0.29) is 0 Å². The SMILES string of the molecule is CSN1CCN(CC2CN(C)C2)CC1. The average molecular weight is 215 g/mol. The lowest BCUT2D eigenvalue weighted by Gasteiger charge is -2.41. The zero-order valence-electron chi connectivity index (χ0n) is 9.28. The molecular formula is C10H21N3S. The number of rotatable bonds is 3. The number of nitrogens with zero attached hydrogens (tertiary/aromatic N) is 3. The summed E-state index contributed by atoms with van der Waals surface area (Å²) >= 11 is 1.89. The highest BCUT2D eigenvalue weighted by molar-refractivity contribution is 7.96. The first-order chi connectivity index (χ1) is 6.78. The van der Waals surface area contributed by atoms with E-state index in [1.807, 2.05) is 11.9 Å². The van der Waals surface area contributed by atoms with E-state index in [1.165, 1.54) is 45.8 Å². The molecule has 2 saturated heterocycles. The van der Waals surface area contributed by atoms with Crippen LogP contribution < -0.4 is 0 Å². The summed E-state index contributed by atoms with van der Waals surface area (Å²) in [5.41, 5.74) is 0. The van der Waals surface area contributed by atoms with Gasteiger partial charge < -0.3 is 9.80 Å². The number of hydrogen-bond acceptors (Lipinski definition) is 4. The Morgan fingerprint density at radius 3 is 2.29 bits per heavy atom. The molecule has 0 amide bonds. The first-order valence-corrected chi connectivity index (χ1v) is 6.66. The number of piperazine rings is 1. The van der Waals surface area contributed by atoms with E-state index in [0.717, 1.165) is 5.92 Å². The molecule has 0 aliphatic carbocycles. The smallest absolute Gasteiger partial charge is 0.0218 e. The van der Waals surface area contributed by atoms with Crippen molar-refractivity contribution in [1.82, 2.24) is 14.1 Å². The topological polar surface area (TPSA) is 9.72 Å². The Morgan fingerprint density at radius 1 is 1.14 bits per heavy atom. The van der Waals surface area contributed by atoms with Gasteiger partial charge in [-0.2, -0.15) is 0 Å². The standard InChI is InChI=1S/C10H21N3S/c1-11-7-10(8-11)9-12-3-5-13(14-2)6-4-12/h10H,3-9H2,1-2H3. The number of likely N-dealkylation sites (tertiary alicyclic amines) is 1. The maximum atomic E-state index is 2.63.